The molecule has 0 unspecified atom stereocenters. The lowest BCUT2D eigenvalue weighted by atomic mass is 10.2. The van der Waals surface area contributed by atoms with Gasteiger partial charge < -0.3 is 0 Å². The highest BCUT2D eigenvalue weighted by atomic mass is 16.5. The van der Waals surface area contributed by atoms with Crippen molar-refractivity contribution in [3.8, 4) is 0 Å². The second-order valence-electron chi connectivity index (χ2n) is 5.09. The SMILES string of the molecule is O=C(C1=NC=c2ccccc2=CC1)N(O)Cc1ccccc1. The molecule has 0 saturated heterocycles. The Bertz CT molecular complexity index is 826. The molecule has 1 aliphatic rings. The van der Waals surface area contributed by atoms with Crippen LogP contribution in [-0.4, -0.2) is 21.9 Å². The molecule has 3 rings (SSSR count). The van der Waals surface area contributed by atoms with Crippen LogP contribution in [0.1, 0.15) is 12.0 Å². The van der Waals surface area contributed by atoms with Gasteiger partial charge in [-0.05, 0) is 16.0 Å². The van der Waals surface area contributed by atoms with E-state index < -0.39 is 5.91 Å². The lowest BCUT2D eigenvalue weighted by Crippen LogP contribution is -2.33. The van der Waals surface area contributed by atoms with E-state index in [-0.39, 0.29) is 6.54 Å². The molecule has 1 amide bonds. The first-order valence-corrected chi connectivity index (χ1v) is 7.11. The van der Waals surface area contributed by atoms with Crippen LogP contribution >= 0.6 is 0 Å². The molecule has 0 aliphatic carbocycles. The van der Waals surface area contributed by atoms with E-state index in [1.54, 1.807) is 6.20 Å². The average Bonchev–Trinajstić information content (AvgIpc) is 2.78. The van der Waals surface area contributed by atoms with Crippen molar-refractivity contribution >= 4 is 23.9 Å². The van der Waals surface area contributed by atoms with Gasteiger partial charge in [-0.3, -0.25) is 15.0 Å². The van der Waals surface area contributed by atoms with Gasteiger partial charge in [-0.25, -0.2) is 5.06 Å². The van der Waals surface area contributed by atoms with Gasteiger partial charge in [0, 0.05) is 12.6 Å². The zero-order chi connectivity index (χ0) is 15.4. The van der Waals surface area contributed by atoms with Gasteiger partial charge in [-0.1, -0.05) is 60.7 Å². The van der Waals surface area contributed by atoms with E-state index in [0.29, 0.717) is 17.2 Å². The maximum absolute atomic E-state index is 12.3. The van der Waals surface area contributed by atoms with Gasteiger partial charge in [-0.2, -0.15) is 0 Å². The van der Waals surface area contributed by atoms with Crippen LogP contribution in [0.4, 0.5) is 0 Å². The number of rotatable bonds is 3. The van der Waals surface area contributed by atoms with E-state index >= 15 is 0 Å². The minimum absolute atomic E-state index is 0.144. The zero-order valence-corrected chi connectivity index (χ0v) is 12.0. The summed E-state index contributed by atoms with van der Waals surface area (Å²) in [7, 11) is 0. The third-order valence-electron chi connectivity index (χ3n) is 3.53. The van der Waals surface area contributed by atoms with Gasteiger partial charge in [0.05, 0.1) is 6.54 Å². The quantitative estimate of drug-likeness (QED) is 0.688. The lowest BCUT2D eigenvalue weighted by Gasteiger charge is -2.15. The molecule has 0 radical (unpaired) electrons. The summed E-state index contributed by atoms with van der Waals surface area (Å²) in [5, 5.41) is 12.7. The van der Waals surface area contributed by atoms with E-state index in [1.165, 1.54) is 0 Å². The number of amides is 1. The molecule has 0 aromatic heterocycles. The van der Waals surface area contributed by atoms with Crippen molar-refractivity contribution in [2.24, 2.45) is 4.99 Å². The van der Waals surface area contributed by atoms with Crippen LogP contribution in [-0.2, 0) is 11.3 Å². The summed E-state index contributed by atoms with van der Waals surface area (Å²) in [5.74, 6) is -0.468. The Morgan fingerprint density at radius 1 is 1.05 bits per heavy atom. The van der Waals surface area contributed by atoms with Crippen LogP contribution in [0, 0.1) is 0 Å². The van der Waals surface area contributed by atoms with E-state index in [4.69, 9.17) is 0 Å². The second-order valence-corrected chi connectivity index (χ2v) is 5.09. The average molecular weight is 292 g/mol. The summed E-state index contributed by atoms with van der Waals surface area (Å²) in [5.41, 5.74) is 1.19. The Morgan fingerprint density at radius 2 is 1.73 bits per heavy atom. The zero-order valence-electron chi connectivity index (χ0n) is 12.0. The number of carbonyl (C=O) groups is 1. The number of fused-ring (bicyclic) bond motifs is 1. The molecule has 0 bridgehead atoms. The first-order chi connectivity index (χ1) is 10.7. The molecule has 1 heterocycles. The molecule has 110 valence electrons. The van der Waals surface area contributed by atoms with E-state index in [1.807, 2.05) is 60.7 Å². The van der Waals surface area contributed by atoms with Crippen molar-refractivity contribution in [3.05, 3.63) is 70.6 Å². The molecule has 0 saturated carbocycles. The normalized spacial score (nSPS) is 13.0. The Balaban J connectivity index is 1.78. The number of hydrogen-bond donors (Lipinski definition) is 1. The van der Waals surface area contributed by atoms with Crippen molar-refractivity contribution < 1.29 is 10.0 Å². The van der Waals surface area contributed by atoms with Crippen LogP contribution in [0.25, 0.3) is 12.3 Å². The fourth-order valence-electron chi connectivity index (χ4n) is 2.34. The number of benzene rings is 2. The van der Waals surface area contributed by atoms with Crippen LogP contribution in [0.3, 0.4) is 0 Å². The van der Waals surface area contributed by atoms with Crippen molar-refractivity contribution in [3.63, 3.8) is 0 Å². The third kappa shape index (κ3) is 3.13. The number of aliphatic imine (C=N–C) groups is 1. The summed E-state index contributed by atoms with van der Waals surface area (Å²) in [4.78, 5) is 16.5. The lowest BCUT2D eigenvalue weighted by molar-refractivity contribution is -0.159. The van der Waals surface area contributed by atoms with E-state index in [9.17, 15) is 10.0 Å². The maximum Gasteiger partial charge on any atom is 0.292 e. The highest BCUT2D eigenvalue weighted by molar-refractivity contribution is 6.39. The Labute approximate surface area is 128 Å². The summed E-state index contributed by atoms with van der Waals surface area (Å²) in [6.07, 6.45) is 4.02. The largest absolute Gasteiger partial charge is 0.292 e. The molecule has 0 fully saturated rings. The van der Waals surface area contributed by atoms with E-state index in [2.05, 4.69) is 4.99 Å². The molecular weight excluding hydrogens is 276 g/mol. The Kier molecular flexibility index (Phi) is 4.12. The summed E-state index contributed by atoms with van der Waals surface area (Å²) >= 11 is 0. The van der Waals surface area contributed by atoms with E-state index in [0.717, 1.165) is 16.0 Å². The molecule has 4 heteroatoms. The van der Waals surface area contributed by atoms with Crippen LogP contribution < -0.4 is 10.4 Å². The maximum atomic E-state index is 12.3. The van der Waals surface area contributed by atoms with Crippen LogP contribution in [0.2, 0.25) is 0 Å². The molecule has 1 N–H and O–H groups in total. The number of carbonyl (C=O) groups excluding carboxylic acids is 1. The fraction of sp³-hybridized carbons (Fsp3) is 0.111. The van der Waals surface area contributed by atoms with Crippen molar-refractivity contribution in [1.82, 2.24) is 5.06 Å². The Morgan fingerprint density at radius 3 is 2.50 bits per heavy atom. The summed E-state index contributed by atoms with van der Waals surface area (Å²) in [6, 6.07) is 17.2. The van der Waals surface area contributed by atoms with Gasteiger partial charge in [0.15, 0.2) is 0 Å². The molecular formula is C18H16N2O2. The van der Waals surface area contributed by atoms with Gasteiger partial charge >= 0.3 is 0 Å². The number of nitrogens with zero attached hydrogens (tertiary/aromatic N) is 2. The van der Waals surface area contributed by atoms with Crippen LogP contribution in [0.5, 0.6) is 0 Å². The first-order valence-electron chi connectivity index (χ1n) is 7.11. The molecule has 2 aromatic carbocycles. The molecule has 22 heavy (non-hydrogen) atoms. The molecule has 4 nitrogen and oxygen atoms in total. The third-order valence-corrected chi connectivity index (χ3v) is 3.53. The smallest absolute Gasteiger partial charge is 0.285 e. The first kappa shape index (κ1) is 14.2. The van der Waals surface area contributed by atoms with Crippen molar-refractivity contribution in [2.45, 2.75) is 13.0 Å². The predicted octanol–water partition coefficient (Wildman–Crippen LogP) is 1.47. The summed E-state index contributed by atoms with van der Waals surface area (Å²) < 4.78 is 0. The monoisotopic (exact) mass is 292 g/mol. The molecule has 1 aliphatic heterocycles. The topological polar surface area (TPSA) is 52.9 Å². The van der Waals surface area contributed by atoms with Gasteiger partial charge in [-0.15, -0.1) is 0 Å². The highest BCUT2D eigenvalue weighted by Gasteiger charge is 2.18. The number of hydroxylamine groups is 2. The van der Waals surface area contributed by atoms with Gasteiger partial charge in [0.25, 0.3) is 5.91 Å². The second kappa shape index (κ2) is 6.37. The van der Waals surface area contributed by atoms with Crippen molar-refractivity contribution in [1.29, 1.82) is 0 Å². The van der Waals surface area contributed by atoms with Gasteiger partial charge in [0.2, 0.25) is 0 Å². The highest BCUT2D eigenvalue weighted by Crippen LogP contribution is 2.05. The van der Waals surface area contributed by atoms with Gasteiger partial charge in [0.1, 0.15) is 5.71 Å². The molecule has 0 atom stereocenters. The standard InChI is InChI=1S/C18H16N2O2/c21-18(20(22)13-14-6-2-1-3-7-14)17-11-10-15-8-4-5-9-16(15)12-19-17/h1-10,12,22H,11,13H2. The minimum Gasteiger partial charge on any atom is -0.285 e. The molecule has 0 spiro atoms. The van der Waals surface area contributed by atoms with Crippen molar-refractivity contribution in [2.75, 3.05) is 0 Å². The fourth-order valence-corrected chi connectivity index (χ4v) is 2.34. The Hall–Kier alpha value is -2.72. The number of hydrogen-bond acceptors (Lipinski definition) is 3. The van der Waals surface area contributed by atoms with Crippen LogP contribution in [0.15, 0.2) is 59.6 Å². The summed E-state index contributed by atoms with van der Waals surface area (Å²) in [6.45, 7) is 0.144. The molecule has 2 aromatic rings. The predicted molar refractivity (Wildman–Crippen MR) is 85.5 cm³/mol. The minimum atomic E-state index is -0.468.